The van der Waals surface area contributed by atoms with Crippen LogP contribution in [0.2, 0.25) is 0 Å². The van der Waals surface area contributed by atoms with E-state index in [1.54, 1.807) is 0 Å². The highest BCUT2D eigenvalue weighted by Gasteiger charge is 2.28. The predicted molar refractivity (Wildman–Crippen MR) is 69.8 cm³/mol. The number of aromatic amines is 1. The molecule has 2 heteroatoms. The van der Waals surface area contributed by atoms with Gasteiger partial charge in [-0.25, -0.2) is 0 Å². The average Bonchev–Trinajstić information content (AvgIpc) is 2.61. The van der Waals surface area contributed by atoms with Crippen LogP contribution in [0.3, 0.4) is 0 Å². The fraction of sp³-hybridized carbons (Fsp3) is 0.500. The highest BCUT2D eigenvalue weighted by molar-refractivity contribution is 5.91. The van der Waals surface area contributed by atoms with Gasteiger partial charge in [0.15, 0.2) is 0 Å². The summed E-state index contributed by atoms with van der Waals surface area (Å²) in [7, 11) is 0. The summed E-state index contributed by atoms with van der Waals surface area (Å²) in [5, 5.41) is 0. The molecule has 0 aromatic carbocycles. The highest BCUT2D eigenvalue weighted by atomic mass is 14.8. The van der Waals surface area contributed by atoms with E-state index in [9.17, 15) is 0 Å². The number of hydrogen-bond acceptors (Lipinski definition) is 1. The zero-order valence-electron chi connectivity index (χ0n) is 10.8. The summed E-state index contributed by atoms with van der Waals surface area (Å²) in [6, 6.07) is 0. The minimum Gasteiger partial charge on any atom is -0.361 e. The summed E-state index contributed by atoms with van der Waals surface area (Å²) in [6.45, 7) is 10.9. The van der Waals surface area contributed by atoms with Crippen molar-refractivity contribution in [3.05, 3.63) is 28.7 Å². The van der Waals surface area contributed by atoms with Crippen LogP contribution in [0.5, 0.6) is 0 Å². The molecule has 0 atom stereocenters. The van der Waals surface area contributed by atoms with E-state index >= 15 is 0 Å². The second kappa shape index (κ2) is 3.62. The van der Waals surface area contributed by atoms with Crippen molar-refractivity contribution in [2.75, 3.05) is 0 Å². The Hall–Kier alpha value is -1.31. The van der Waals surface area contributed by atoms with Crippen molar-refractivity contribution in [2.45, 2.75) is 41.0 Å². The zero-order valence-corrected chi connectivity index (χ0v) is 10.8. The number of allylic oxidation sites excluding steroid dienone is 1. The number of nitrogens with zero attached hydrogens (tertiary/aromatic N) is 1. The first-order valence-corrected chi connectivity index (χ1v) is 5.81. The first-order valence-electron chi connectivity index (χ1n) is 5.81. The smallest absolute Gasteiger partial charge is 0.0433 e. The first-order chi connectivity index (χ1) is 7.40. The molecule has 0 saturated heterocycles. The lowest BCUT2D eigenvalue weighted by atomic mass is 9.86. The largest absolute Gasteiger partial charge is 0.361 e. The lowest BCUT2D eigenvalue weighted by Crippen LogP contribution is -2.15. The average molecular weight is 216 g/mol. The molecular formula is C14H20N2. The fourth-order valence-corrected chi connectivity index (χ4v) is 2.00. The maximum absolute atomic E-state index is 4.64. The summed E-state index contributed by atoms with van der Waals surface area (Å²) in [5.41, 5.74) is 6.48. The Morgan fingerprint density at radius 3 is 2.44 bits per heavy atom. The molecule has 1 aliphatic heterocycles. The summed E-state index contributed by atoms with van der Waals surface area (Å²) in [6.07, 6.45) is 5.27. The summed E-state index contributed by atoms with van der Waals surface area (Å²) >= 11 is 0. The number of rotatable bonds is 1. The van der Waals surface area contributed by atoms with Crippen LogP contribution in [0.15, 0.2) is 16.9 Å². The van der Waals surface area contributed by atoms with Crippen LogP contribution in [0.25, 0.3) is 6.08 Å². The maximum Gasteiger partial charge on any atom is 0.0433 e. The van der Waals surface area contributed by atoms with Gasteiger partial charge in [0, 0.05) is 35.1 Å². The molecule has 1 N–H and O–H groups in total. The van der Waals surface area contributed by atoms with Crippen LogP contribution in [0, 0.1) is 19.3 Å². The van der Waals surface area contributed by atoms with E-state index < -0.39 is 0 Å². The van der Waals surface area contributed by atoms with Crippen LogP contribution in [-0.4, -0.2) is 10.7 Å². The number of nitrogens with one attached hydrogen (secondary N) is 1. The standard InChI is InChI=1S/C14H20N2/c1-9-8-15-13(10(9)2)6-12-7-14(4,5)11(3)16-12/h6,8,15H,7H2,1-5H3/b12-6+. The lowest BCUT2D eigenvalue weighted by Gasteiger charge is -2.15. The third-order valence-corrected chi connectivity index (χ3v) is 3.66. The molecule has 0 saturated carbocycles. The van der Waals surface area contributed by atoms with Gasteiger partial charge in [0.05, 0.1) is 0 Å². The van der Waals surface area contributed by atoms with Crippen molar-refractivity contribution in [3.63, 3.8) is 0 Å². The van der Waals surface area contributed by atoms with Crippen LogP contribution in [0.1, 0.15) is 44.0 Å². The van der Waals surface area contributed by atoms with Crippen LogP contribution >= 0.6 is 0 Å². The molecule has 2 heterocycles. The Balaban J connectivity index is 2.32. The van der Waals surface area contributed by atoms with Crippen molar-refractivity contribution in [3.8, 4) is 0 Å². The van der Waals surface area contributed by atoms with Gasteiger partial charge in [-0.15, -0.1) is 0 Å². The number of hydrogen-bond donors (Lipinski definition) is 1. The normalized spacial score (nSPS) is 21.6. The summed E-state index contributed by atoms with van der Waals surface area (Å²) < 4.78 is 0. The summed E-state index contributed by atoms with van der Waals surface area (Å²) in [5.74, 6) is 0. The van der Waals surface area contributed by atoms with Gasteiger partial charge in [-0.05, 0) is 38.0 Å². The molecule has 0 spiro atoms. The monoisotopic (exact) mass is 216 g/mol. The lowest BCUT2D eigenvalue weighted by molar-refractivity contribution is 0.540. The van der Waals surface area contributed by atoms with Gasteiger partial charge in [0.2, 0.25) is 0 Å². The van der Waals surface area contributed by atoms with Gasteiger partial charge in [0.25, 0.3) is 0 Å². The van der Waals surface area contributed by atoms with Gasteiger partial charge in [-0.1, -0.05) is 13.8 Å². The molecule has 0 radical (unpaired) electrons. The second-order valence-corrected chi connectivity index (χ2v) is 5.40. The number of aliphatic imine (C=N–C) groups is 1. The van der Waals surface area contributed by atoms with Crippen molar-refractivity contribution in [1.29, 1.82) is 0 Å². The number of H-pyrrole nitrogens is 1. The highest BCUT2D eigenvalue weighted by Crippen LogP contribution is 2.35. The molecule has 0 amide bonds. The van der Waals surface area contributed by atoms with E-state index in [1.165, 1.54) is 28.2 Å². The van der Waals surface area contributed by atoms with E-state index in [2.05, 4.69) is 56.9 Å². The third-order valence-electron chi connectivity index (χ3n) is 3.66. The fourth-order valence-electron chi connectivity index (χ4n) is 2.00. The minimum absolute atomic E-state index is 0.224. The Kier molecular flexibility index (Phi) is 2.53. The Morgan fingerprint density at radius 1 is 1.31 bits per heavy atom. The SMILES string of the molecule is CC1=N/C(=C/c2[nH]cc(C)c2C)CC1(C)C. The Bertz CT molecular complexity index is 473. The maximum atomic E-state index is 4.64. The third kappa shape index (κ3) is 1.84. The quantitative estimate of drug-likeness (QED) is 0.738. The van der Waals surface area contributed by atoms with Gasteiger partial charge >= 0.3 is 0 Å². The molecule has 16 heavy (non-hydrogen) atoms. The van der Waals surface area contributed by atoms with Crippen molar-refractivity contribution < 1.29 is 0 Å². The molecule has 0 bridgehead atoms. The molecular weight excluding hydrogens is 196 g/mol. The first kappa shape index (κ1) is 11.2. The molecule has 1 aliphatic rings. The molecule has 86 valence electrons. The van der Waals surface area contributed by atoms with Gasteiger partial charge < -0.3 is 4.98 Å². The van der Waals surface area contributed by atoms with Crippen LogP contribution in [0.4, 0.5) is 0 Å². The molecule has 1 aromatic heterocycles. The molecule has 2 rings (SSSR count). The zero-order chi connectivity index (χ0) is 11.9. The second-order valence-electron chi connectivity index (χ2n) is 5.40. The molecule has 1 aromatic rings. The van der Waals surface area contributed by atoms with Crippen molar-refractivity contribution in [1.82, 2.24) is 4.98 Å². The van der Waals surface area contributed by atoms with Gasteiger partial charge in [-0.2, -0.15) is 0 Å². The molecule has 0 aliphatic carbocycles. The Morgan fingerprint density at radius 2 is 2.00 bits per heavy atom. The van der Waals surface area contributed by atoms with Crippen LogP contribution in [-0.2, 0) is 0 Å². The van der Waals surface area contributed by atoms with Gasteiger partial charge in [0.1, 0.15) is 0 Å². The molecule has 2 nitrogen and oxygen atoms in total. The van der Waals surface area contributed by atoms with Crippen molar-refractivity contribution in [2.24, 2.45) is 10.4 Å². The van der Waals surface area contributed by atoms with E-state index in [1.807, 2.05) is 0 Å². The predicted octanol–water partition coefficient (Wildman–Crippen LogP) is 3.86. The Labute approximate surface area is 97.5 Å². The molecule has 0 unspecified atom stereocenters. The van der Waals surface area contributed by atoms with E-state index in [0.717, 1.165) is 6.42 Å². The van der Waals surface area contributed by atoms with E-state index in [-0.39, 0.29) is 5.41 Å². The number of aromatic nitrogens is 1. The molecule has 0 fully saturated rings. The van der Waals surface area contributed by atoms with Gasteiger partial charge in [-0.3, -0.25) is 4.99 Å². The van der Waals surface area contributed by atoms with Crippen LogP contribution < -0.4 is 0 Å². The van der Waals surface area contributed by atoms with E-state index in [0.29, 0.717) is 0 Å². The van der Waals surface area contributed by atoms with Crippen molar-refractivity contribution >= 4 is 11.8 Å². The number of aryl methyl sites for hydroxylation is 1. The summed E-state index contributed by atoms with van der Waals surface area (Å²) in [4.78, 5) is 7.94. The minimum atomic E-state index is 0.224. The van der Waals surface area contributed by atoms with E-state index in [4.69, 9.17) is 0 Å². The topological polar surface area (TPSA) is 28.1 Å².